The number of hydrogen-bond donors (Lipinski definition) is 0. The molecule has 2 aliphatic carbocycles. The van der Waals surface area contributed by atoms with E-state index in [0.29, 0.717) is 18.0 Å². The van der Waals surface area contributed by atoms with E-state index in [2.05, 4.69) is 32.4 Å². The van der Waals surface area contributed by atoms with Crippen molar-refractivity contribution in [2.75, 3.05) is 6.61 Å². The van der Waals surface area contributed by atoms with Gasteiger partial charge < -0.3 is 9.64 Å². The number of benzene rings is 1. The van der Waals surface area contributed by atoms with E-state index in [1.165, 1.54) is 44.9 Å². The fourth-order valence-electron chi connectivity index (χ4n) is 5.42. The number of rotatable bonds is 6. The third-order valence-electron chi connectivity index (χ3n) is 6.98. The Bertz CT molecular complexity index is 1020. The summed E-state index contributed by atoms with van der Waals surface area (Å²) in [7, 11) is 0. The first-order valence-corrected chi connectivity index (χ1v) is 12.9. The zero-order chi connectivity index (χ0) is 21.8. The molecule has 5 rings (SSSR count). The van der Waals surface area contributed by atoms with Gasteiger partial charge in [0.25, 0.3) is 5.91 Å². The van der Waals surface area contributed by atoms with Crippen LogP contribution in [0, 0.1) is 0 Å². The largest absolute Gasteiger partial charge is 0.467 e. The Balaban J connectivity index is 1.38. The summed E-state index contributed by atoms with van der Waals surface area (Å²) in [5, 5.41) is 3.00. The summed E-state index contributed by atoms with van der Waals surface area (Å²) < 4.78 is 6.13. The smallest absolute Gasteiger partial charge is 0.261 e. The first kappa shape index (κ1) is 21.4. The second kappa shape index (κ2) is 9.99. The van der Waals surface area contributed by atoms with Gasteiger partial charge in [-0.15, -0.1) is 11.3 Å². The Morgan fingerprint density at radius 3 is 2.25 bits per heavy atom. The lowest BCUT2D eigenvalue weighted by atomic mass is 9.88. The number of amides is 1. The van der Waals surface area contributed by atoms with E-state index in [1.54, 1.807) is 11.3 Å². The summed E-state index contributed by atoms with van der Waals surface area (Å²) >= 11 is 1.58. The lowest BCUT2D eigenvalue weighted by Crippen LogP contribution is -2.50. The fraction of sp³-hybridized carbons (Fsp3) is 0.500. The highest BCUT2D eigenvalue weighted by Crippen LogP contribution is 2.37. The predicted molar refractivity (Wildman–Crippen MR) is 129 cm³/mol. The van der Waals surface area contributed by atoms with Crippen molar-refractivity contribution in [3.63, 3.8) is 0 Å². The van der Waals surface area contributed by atoms with E-state index >= 15 is 0 Å². The molecule has 2 fully saturated rings. The van der Waals surface area contributed by atoms with Gasteiger partial charge >= 0.3 is 0 Å². The quantitative estimate of drug-likeness (QED) is 0.447. The molecule has 2 aromatic heterocycles. The summed E-state index contributed by atoms with van der Waals surface area (Å²) in [4.78, 5) is 25.5. The summed E-state index contributed by atoms with van der Waals surface area (Å²) in [6, 6.07) is 11.0. The predicted octanol–water partition coefficient (Wildman–Crippen LogP) is 6.23. The molecular weight excluding hydrogens is 418 g/mol. The summed E-state index contributed by atoms with van der Waals surface area (Å²) in [6.07, 6.45) is 13.5. The van der Waals surface area contributed by atoms with Crippen molar-refractivity contribution in [1.82, 2.24) is 14.9 Å². The molecule has 5 nitrogen and oxygen atoms in total. The Morgan fingerprint density at radius 1 is 0.938 bits per heavy atom. The van der Waals surface area contributed by atoms with Gasteiger partial charge in [-0.05, 0) is 31.2 Å². The second-order valence-corrected chi connectivity index (χ2v) is 9.91. The lowest BCUT2D eigenvalue weighted by molar-refractivity contribution is -0.140. The van der Waals surface area contributed by atoms with E-state index in [1.807, 2.05) is 18.2 Å². The number of carbonyl (C=O) groups is 1. The number of aromatic nitrogens is 2. The van der Waals surface area contributed by atoms with E-state index in [-0.39, 0.29) is 12.5 Å². The second-order valence-electron chi connectivity index (χ2n) is 9.05. The minimum absolute atomic E-state index is 0.0448. The molecule has 6 heteroatoms. The maximum absolute atomic E-state index is 13.5. The highest BCUT2D eigenvalue weighted by molar-refractivity contribution is 7.17. The molecule has 0 spiro atoms. The van der Waals surface area contributed by atoms with Crippen molar-refractivity contribution in [2.45, 2.75) is 76.3 Å². The first-order chi connectivity index (χ1) is 15.8. The van der Waals surface area contributed by atoms with Gasteiger partial charge in [0.1, 0.15) is 11.2 Å². The van der Waals surface area contributed by atoms with Gasteiger partial charge in [-0.2, -0.15) is 0 Å². The van der Waals surface area contributed by atoms with E-state index < -0.39 is 0 Å². The van der Waals surface area contributed by atoms with Crippen LogP contribution in [0.3, 0.4) is 0 Å². The van der Waals surface area contributed by atoms with Crippen molar-refractivity contribution >= 4 is 27.5 Å². The standard InChI is InChI=1S/C26H31N3O2S/c30-23(29(20-12-6-2-7-13-20)21-14-8-3-9-15-21)16-31-25-24-22(19-10-4-1-5-11-19)17-32-26(24)28-18-27-25/h1,4-5,10-11,17-18,20-21H,2-3,6-9,12-16H2. The van der Waals surface area contributed by atoms with Gasteiger partial charge in [-0.25, -0.2) is 9.97 Å². The van der Waals surface area contributed by atoms with Crippen LogP contribution in [0.15, 0.2) is 42.0 Å². The summed E-state index contributed by atoms with van der Waals surface area (Å²) in [6.45, 7) is 0.0448. The Morgan fingerprint density at radius 2 is 1.59 bits per heavy atom. The van der Waals surface area contributed by atoms with E-state index in [9.17, 15) is 4.79 Å². The molecule has 2 saturated carbocycles. The Kier molecular flexibility index (Phi) is 6.67. The summed E-state index contributed by atoms with van der Waals surface area (Å²) in [5.41, 5.74) is 2.17. The number of hydrogen-bond acceptors (Lipinski definition) is 5. The van der Waals surface area contributed by atoms with Crippen LogP contribution in [0.1, 0.15) is 64.2 Å². The van der Waals surface area contributed by atoms with Crippen LogP contribution in [0.4, 0.5) is 0 Å². The summed E-state index contributed by atoms with van der Waals surface area (Å²) in [5.74, 6) is 0.628. The van der Waals surface area contributed by atoms with Crippen LogP contribution >= 0.6 is 11.3 Å². The number of nitrogens with zero attached hydrogens (tertiary/aromatic N) is 3. The van der Waals surface area contributed by atoms with E-state index in [4.69, 9.17) is 4.74 Å². The molecule has 0 bridgehead atoms. The lowest BCUT2D eigenvalue weighted by Gasteiger charge is -2.41. The van der Waals surface area contributed by atoms with Crippen molar-refractivity contribution in [1.29, 1.82) is 0 Å². The van der Waals surface area contributed by atoms with E-state index in [0.717, 1.165) is 47.0 Å². The zero-order valence-corrected chi connectivity index (χ0v) is 19.4. The Hall–Kier alpha value is -2.47. The number of thiophene rings is 1. The average Bonchev–Trinajstić information content (AvgIpc) is 3.30. The molecule has 1 amide bonds. The normalized spacial score (nSPS) is 18.0. The van der Waals surface area contributed by atoms with Crippen molar-refractivity contribution < 1.29 is 9.53 Å². The van der Waals surface area contributed by atoms with Gasteiger partial charge in [0.15, 0.2) is 6.61 Å². The van der Waals surface area contributed by atoms with Crippen molar-refractivity contribution in [2.24, 2.45) is 0 Å². The van der Waals surface area contributed by atoms with Crippen LogP contribution < -0.4 is 4.74 Å². The molecule has 1 aromatic carbocycles. The highest BCUT2D eigenvalue weighted by atomic mass is 32.1. The maximum atomic E-state index is 13.5. The Labute approximate surface area is 193 Å². The fourth-order valence-corrected chi connectivity index (χ4v) is 6.32. The molecule has 0 radical (unpaired) electrons. The van der Waals surface area contributed by atoms with Gasteiger partial charge in [0.2, 0.25) is 5.88 Å². The highest BCUT2D eigenvalue weighted by Gasteiger charge is 2.32. The average molecular weight is 450 g/mol. The van der Waals surface area contributed by atoms with Gasteiger partial charge in [0, 0.05) is 23.0 Å². The number of fused-ring (bicyclic) bond motifs is 1. The third-order valence-corrected chi connectivity index (χ3v) is 7.86. The van der Waals surface area contributed by atoms with Crippen LogP contribution in [0.25, 0.3) is 21.3 Å². The molecule has 2 aliphatic rings. The zero-order valence-electron chi connectivity index (χ0n) is 18.5. The molecule has 0 N–H and O–H groups in total. The SMILES string of the molecule is O=C(COc1ncnc2scc(-c3ccccc3)c12)N(C1CCCCC1)C1CCCCC1. The van der Waals surface area contributed by atoms with Gasteiger partial charge in [-0.3, -0.25) is 4.79 Å². The minimum Gasteiger partial charge on any atom is -0.467 e. The maximum Gasteiger partial charge on any atom is 0.261 e. The molecule has 2 heterocycles. The van der Waals surface area contributed by atoms with Crippen molar-refractivity contribution in [3.8, 4) is 17.0 Å². The van der Waals surface area contributed by atoms with Crippen molar-refractivity contribution in [3.05, 3.63) is 42.0 Å². The number of ether oxygens (including phenoxy) is 1. The molecule has 0 aliphatic heterocycles. The monoisotopic (exact) mass is 449 g/mol. The third kappa shape index (κ3) is 4.51. The first-order valence-electron chi connectivity index (χ1n) is 12.0. The molecule has 0 saturated heterocycles. The molecule has 168 valence electrons. The molecule has 0 unspecified atom stereocenters. The topological polar surface area (TPSA) is 55.3 Å². The van der Waals surface area contributed by atoms with Crippen LogP contribution in [0.5, 0.6) is 5.88 Å². The van der Waals surface area contributed by atoms with Gasteiger partial charge in [-0.1, -0.05) is 68.9 Å². The molecular formula is C26H31N3O2S. The molecule has 32 heavy (non-hydrogen) atoms. The van der Waals surface area contributed by atoms with Crippen LogP contribution in [-0.4, -0.2) is 39.5 Å². The number of carbonyl (C=O) groups excluding carboxylic acids is 1. The van der Waals surface area contributed by atoms with Gasteiger partial charge in [0.05, 0.1) is 5.39 Å². The van der Waals surface area contributed by atoms with Crippen LogP contribution in [-0.2, 0) is 4.79 Å². The minimum atomic E-state index is 0.0448. The molecule has 0 atom stereocenters. The van der Waals surface area contributed by atoms with Crippen LogP contribution in [0.2, 0.25) is 0 Å². The molecule has 3 aromatic rings.